The fraction of sp³-hybridized carbons (Fsp3) is 0.565. The minimum atomic E-state index is 0.0725. The van der Waals surface area contributed by atoms with Crippen LogP contribution in [-0.4, -0.2) is 27.0 Å². The molecule has 0 atom stereocenters. The smallest absolute Gasteiger partial charge is 0.254 e. The van der Waals surface area contributed by atoms with Crippen molar-refractivity contribution in [2.24, 2.45) is 0 Å². The van der Waals surface area contributed by atoms with Gasteiger partial charge in [-0.25, -0.2) is 4.98 Å². The number of benzene rings is 1. The number of nitrogens with one attached hydrogen (secondary N) is 1. The Morgan fingerprint density at radius 1 is 1.00 bits per heavy atom. The summed E-state index contributed by atoms with van der Waals surface area (Å²) < 4.78 is 0. The lowest BCUT2D eigenvalue weighted by molar-refractivity contribution is 0.121. The lowest BCUT2D eigenvalue weighted by atomic mass is 9.97. The molecule has 3 aliphatic rings. The van der Waals surface area contributed by atoms with E-state index in [1.165, 1.54) is 50.6 Å². The van der Waals surface area contributed by atoms with E-state index in [4.69, 9.17) is 4.98 Å². The third-order valence-electron chi connectivity index (χ3n) is 6.89. The quantitative estimate of drug-likeness (QED) is 0.831. The molecule has 0 amide bonds. The standard InChI is InChI=1S/C23H29N3O/c27-22-19-10-2-1-3-11-20(19)24-21(25-22)18-9-5-4-8-17(18)16-26-15-7-6-12-23(26)13-14-23/h4-5,8-9H,1-3,6-7,10-16H2,(H,24,25,27). The van der Waals surface area contributed by atoms with E-state index in [9.17, 15) is 4.79 Å². The molecule has 1 saturated carbocycles. The molecule has 1 aliphatic heterocycles. The Morgan fingerprint density at radius 2 is 1.85 bits per heavy atom. The molecule has 1 spiro atoms. The highest BCUT2D eigenvalue weighted by Gasteiger charge is 2.48. The van der Waals surface area contributed by atoms with Gasteiger partial charge in [0.05, 0.1) is 5.69 Å². The van der Waals surface area contributed by atoms with Crippen LogP contribution in [-0.2, 0) is 19.4 Å². The van der Waals surface area contributed by atoms with Crippen LogP contribution in [0.4, 0.5) is 0 Å². The van der Waals surface area contributed by atoms with E-state index in [0.29, 0.717) is 5.54 Å². The summed E-state index contributed by atoms with van der Waals surface area (Å²) >= 11 is 0. The molecule has 27 heavy (non-hydrogen) atoms. The summed E-state index contributed by atoms with van der Waals surface area (Å²) in [4.78, 5) is 23.5. The van der Waals surface area contributed by atoms with Crippen molar-refractivity contribution in [2.75, 3.05) is 6.54 Å². The second kappa shape index (κ2) is 6.90. The average molecular weight is 364 g/mol. The van der Waals surface area contributed by atoms with Crippen LogP contribution in [0.15, 0.2) is 29.1 Å². The second-order valence-electron chi connectivity index (χ2n) is 8.66. The molecule has 2 aromatic rings. The minimum Gasteiger partial charge on any atom is -0.306 e. The largest absolute Gasteiger partial charge is 0.306 e. The van der Waals surface area contributed by atoms with Crippen molar-refractivity contribution in [1.29, 1.82) is 0 Å². The molecular weight excluding hydrogens is 334 g/mol. The van der Waals surface area contributed by atoms with Gasteiger partial charge in [-0.3, -0.25) is 9.69 Å². The zero-order valence-electron chi connectivity index (χ0n) is 16.1. The number of hydrogen-bond donors (Lipinski definition) is 1. The van der Waals surface area contributed by atoms with Gasteiger partial charge in [-0.15, -0.1) is 0 Å². The van der Waals surface area contributed by atoms with Gasteiger partial charge in [0.2, 0.25) is 0 Å². The molecule has 2 aliphatic carbocycles. The van der Waals surface area contributed by atoms with Gasteiger partial charge in [0.25, 0.3) is 5.56 Å². The van der Waals surface area contributed by atoms with Crippen molar-refractivity contribution >= 4 is 0 Å². The van der Waals surface area contributed by atoms with Gasteiger partial charge in [0.15, 0.2) is 0 Å². The summed E-state index contributed by atoms with van der Waals surface area (Å²) in [5, 5.41) is 0. The first-order valence-corrected chi connectivity index (χ1v) is 10.7. The average Bonchev–Trinajstić information content (AvgIpc) is 3.48. The van der Waals surface area contributed by atoms with Crippen LogP contribution in [0.25, 0.3) is 11.4 Å². The third kappa shape index (κ3) is 3.25. The molecule has 1 N–H and O–H groups in total. The summed E-state index contributed by atoms with van der Waals surface area (Å²) in [6, 6.07) is 8.52. The van der Waals surface area contributed by atoms with Crippen LogP contribution < -0.4 is 5.56 Å². The van der Waals surface area contributed by atoms with E-state index in [-0.39, 0.29) is 5.56 Å². The molecule has 142 valence electrons. The molecular formula is C23H29N3O. The number of aryl methyl sites for hydroxylation is 1. The zero-order chi connectivity index (χ0) is 18.3. The van der Waals surface area contributed by atoms with Gasteiger partial charge in [-0.05, 0) is 63.5 Å². The van der Waals surface area contributed by atoms with Crippen molar-refractivity contribution in [3.8, 4) is 11.4 Å². The maximum Gasteiger partial charge on any atom is 0.254 e. The molecule has 0 unspecified atom stereocenters. The van der Waals surface area contributed by atoms with Crippen molar-refractivity contribution in [3.63, 3.8) is 0 Å². The summed E-state index contributed by atoms with van der Waals surface area (Å²) in [5.41, 5.74) is 4.88. The molecule has 4 heteroatoms. The van der Waals surface area contributed by atoms with Gasteiger partial charge in [0.1, 0.15) is 5.82 Å². The van der Waals surface area contributed by atoms with Gasteiger partial charge in [0, 0.05) is 23.2 Å². The fourth-order valence-electron chi connectivity index (χ4n) is 5.11. The van der Waals surface area contributed by atoms with Crippen LogP contribution in [0.3, 0.4) is 0 Å². The highest BCUT2D eigenvalue weighted by Crippen LogP contribution is 2.49. The number of H-pyrrole nitrogens is 1. The van der Waals surface area contributed by atoms with E-state index in [0.717, 1.165) is 54.9 Å². The molecule has 0 radical (unpaired) electrons. The maximum absolute atomic E-state index is 12.7. The van der Waals surface area contributed by atoms with E-state index >= 15 is 0 Å². The Hall–Kier alpha value is -1.94. The first kappa shape index (κ1) is 17.2. The van der Waals surface area contributed by atoms with Gasteiger partial charge >= 0.3 is 0 Å². The first-order valence-electron chi connectivity index (χ1n) is 10.7. The molecule has 2 heterocycles. The van der Waals surface area contributed by atoms with Crippen LogP contribution >= 0.6 is 0 Å². The number of piperidine rings is 1. The fourth-order valence-corrected chi connectivity index (χ4v) is 5.11. The van der Waals surface area contributed by atoms with Crippen molar-refractivity contribution in [3.05, 3.63) is 51.4 Å². The van der Waals surface area contributed by atoms with Crippen LogP contribution in [0.5, 0.6) is 0 Å². The summed E-state index contributed by atoms with van der Waals surface area (Å²) in [6.45, 7) is 2.17. The molecule has 4 nitrogen and oxygen atoms in total. The van der Waals surface area contributed by atoms with Crippen molar-refractivity contribution < 1.29 is 0 Å². The Bertz CT molecular complexity index is 897. The van der Waals surface area contributed by atoms with Gasteiger partial charge < -0.3 is 4.98 Å². The molecule has 1 saturated heterocycles. The highest BCUT2D eigenvalue weighted by molar-refractivity contribution is 5.60. The lowest BCUT2D eigenvalue weighted by Crippen LogP contribution is -2.40. The molecule has 1 aromatic heterocycles. The number of rotatable bonds is 3. The van der Waals surface area contributed by atoms with Gasteiger partial charge in [-0.2, -0.15) is 0 Å². The van der Waals surface area contributed by atoms with Gasteiger partial charge in [-0.1, -0.05) is 37.1 Å². The minimum absolute atomic E-state index is 0.0725. The number of fused-ring (bicyclic) bond motifs is 1. The number of aromatic amines is 1. The number of likely N-dealkylation sites (tertiary alicyclic amines) is 1. The normalized spacial score (nSPS) is 21.6. The van der Waals surface area contributed by atoms with Crippen LogP contribution in [0.2, 0.25) is 0 Å². The summed E-state index contributed by atoms with van der Waals surface area (Å²) in [6.07, 6.45) is 12.0. The highest BCUT2D eigenvalue weighted by atomic mass is 16.1. The maximum atomic E-state index is 12.7. The van der Waals surface area contributed by atoms with E-state index in [1.54, 1.807) is 0 Å². The van der Waals surface area contributed by atoms with E-state index in [2.05, 4.69) is 34.1 Å². The number of nitrogens with zero attached hydrogens (tertiary/aromatic N) is 2. The number of hydrogen-bond acceptors (Lipinski definition) is 3. The Kier molecular flexibility index (Phi) is 4.39. The zero-order valence-corrected chi connectivity index (χ0v) is 16.1. The summed E-state index contributed by atoms with van der Waals surface area (Å²) in [5.74, 6) is 0.762. The molecule has 0 bridgehead atoms. The van der Waals surface area contributed by atoms with E-state index < -0.39 is 0 Å². The summed E-state index contributed by atoms with van der Waals surface area (Å²) in [7, 11) is 0. The topological polar surface area (TPSA) is 49.0 Å². The first-order chi connectivity index (χ1) is 13.3. The predicted molar refractivity (Wildman–Crippen MR) is 108 cm³/mol. The lowest BCUT2D eigenvalue weighted by Gasteiger charge is -2.36. The molecule has 1 aromatic carbocycles. The third-order valence-corrected chi connectivity index (χ3v) is 6.89. The Morgan fingerprint density at radius 3 is 2.74 bits per heavy atom. The molecule has 2 fully saturated rings. The second-order valence-corrected chi connectivity index (χ2v) is 8.66. The molecule has 5 rings (SSSR count). The monoisotopic (exact) mass is 363 g/mol. The van der Waals surface area contributed by atoms with Crippen molar-refractivity contribution in [1.82, 2.24) is 14.9 Å². The van der Waals surface area contributed by atoms with Crippen LogP contribution in [0, 0.1) is 0 Å². The Balaban J connectivity index is 1.50. The Labute approximate surface area is 161 Å². The SMILES string of the molecule is O=c1[nH]c(-c2ccccc2CN2CCCCC23CC3)nc2c1CCCCC2. The van der Waals surface area contributed by atoms with Crippen LogP contribution in [0.1, 0.15) is 68.2 Å². The number of aromatic nitrogens is 2. The van der Waals surface area contributed by atoms with E-state index in [1.807, 2.05) is 0 Å². The predicted octanol–water partition coefficient (Wildman–Crippen LogP) is 4.22. The van der Waals surface area contributed by atoms with Crippen molar-refractivity contribution in [2.45, 2.75) is 76.3 Å².